The smallest absolute Gasteiger partial charge is 0.371 e. The average molecular weight is 224 g/mol. The molecule has 1 aliphatic heterocycles. The van der Waals surface area contributed by atoms with Crippen LogP contribution < -0.4 is 0 Å². The fourth-order valence-electron chi connectivity index (χ4n) is 1.74. The van der Waals surface area contributed by atoms with E-state index < -0.39 is 12.1 Å². The van der Waals surface area contributed by atoms with Gasteiger partial charge >= 0.3 is 5.97 Å². The summed E-state index contributed by atoms with van der Waals surface area (Å²) in [5.74, 6) is -1.64. The van der Waals surface area contributed by atoms with Gasteiger partial charge in [0.2, 0.25) is 11.5 Å². The number of carboxylic acid groups (broad SMARTS) is 1. The van der Waals surface area contributed by atoms with E-state index in [1.807, 2.05) is 6.92 Å². The maximum absolute atomic E-state index is 11.8. The van der Waals surface area contributed by atoms with Gasteiger partial charge in [0.15, 0.2) is 5.76 Å². The van der Waals surface area contributed by atoms with Crippen molar-refractivity contribution in [1.29, 1.82) is 0 Å². The molecule has 86 valence electrons. The number of carboxylic acids is 1. The highest BCUT2D eigenvalue weighted by Crippen LogP contribution is 2.23. The molecule has 0 aliphatic carbocycles. The molecule has 5 nitrogen and oxygen atoms in total. The van der Waals surface area contributed by atoms with Gasteiger partial charge in [-0.25, -0.2) is 4.79 Å². The van der Waals surface area contributed by atoms with Crippen LogP contribution >= 0.6 is 0 Å². The Morgan fingerprint density at radius 2 is 2.00 bits per heavy atom. The first kappa shape index (κ1) is 10.9. The zero-order valence-electron chi connectivity index (χ0n) is 8.80. The fourth-order valence-corrected chi connectivity index (χ4v) is 1.74. The van der Waals surface area contributed by atoms with Crippen LogP contribution in [0, 0.1) is 0 Å². The van der Waals surface area contributed by atoms with Crippen LogP contribution in [0.1, 0.15) is 40.9 Å². The highest BCUT2D eigenvalue weighted by atomic mass is 16.5. The van der Waals surface area contributed by atoms with Gasteiger partial charge in [0.05, 0.1) is 6.10 Å². The number of hydrogen-bond donors (Lipinski definition) is 1. The van der Waals surface area contributed by atoms with Crippen molar-refractivity contribution in [2.45, 2.75) is 32.0 Å². The summed E-state index contributed by atoms with van der Waals surface area (Å²) in [5, 5.41) is 8.65. The molecular weight excluding hydrogens is 212 g/mol. The second-order valence-electron chi connectivity index (χ2n) is 3.85. The van der Waals surface area contributed by atoms with Gasteiger partial charge in [-0.05, 0) is 31.9 Å². The average Bonchev–Trinajstić information content (AvgIpc) is 2.84. The van der Waals surface area contributed by atoms with E-state index in [9.17, 15) is 9.59 Å². The molecule has 0 bridgehead atoms. The van der Waals surface area contributed by atoms with Crippen LogP contribution in [0.4, 0.5) is 0 Å². The minimum atomic E-state index is -1.18. The SMILES string of the molecule is CC1CCC(C(=O)c2ccc(C(=O)O)o2)O1. The van der Waals surface area contributed by atoms with E-state index in [1.54, 1.807) is 0 Å². The summed E-state index contributed by atoms with van der Waals surface area (Å²) in [4.78, 5) is 22.4. The normalized spacial score (nSPS) is 24.6. The zero-order valence-corrected chi connectivity index (χ0v) is 8.80. The fraction of sp³-hybridized carbons (Fsp3) is 0.455. The lowest BCUT2D eigenvalue weighted by atomic mass is 10.1. The molecule has 5 heteroatoms. The largest absolute Gasteiger partial charge is 0.475 e. The van der Waals surface area contributed by atoms with Gasteiger partial charge in [0.25, 0.3) is 0 Å². The van der Waals surface area contributed by atoms with Crippen LogP contribution in [-0.4, -0.2) is 29.1 Å². The Morgan fingerprint density at radius 1 is 1.31 bits per heavy atom. The Morgan fingerprint density at radius 3 is 2.50 bits per heavy atom. The molecular formula is C11H12O5. The van der Waals surface area contributed by atoms with Gasteiger partial charge in [-0.2, -0.15) is 0 Å². The molecule has 0 radical (unpaired) electrons. The lowest BCUT2D eigenvalue weighted by Crippen LogP contribution is -2.20. The maximum Gasteiger partial charge on any atom is 0.371 e. The quantitative estimate of drug-likeness (QED) is 0.791. The summed E-state index contributed by atoms with van der Waals surface area (Å²) in [6.45, 7) is 1.90. The Kier molecular flexibility index (Phi) is 2.78. The van der Waals surface area contributed by atoms with Crippen molar-refractivity contribution in [3.05, 3.63) is 23.7 Å². The molecule has 0 spiro atoms. The molecule has 2 atom stereocenters. The topological polar surface area (TPSA) is 76.7 Å². The molecule has 16 heavy (non-hydrogen) atoms. The highest BCUT2D eigenvalue weighted by Gasteiger charge is 2.31. The molecule has 0 aromatic carbocycles. The highest BCUT2D eigenvalue weighted by molar-refractivity contribution is 5.98. The van der Waals surface area contributed by atoms with Crippen molar-refractivity contribution in [1.82, 2.24) is 0 Å². The molecule has 2 rings (SSSR count). The minimum absolute atomic E-state index is 0.0523. The number of furan rings is 1. The number of aromatic carboxylic acids is 1. The lowest BCUT2D eigenvalue weighted by Gasteiger charge is -2.07. The summed E-state index contributed by atoms with van der Waals surface area (Å²) in [6, 6.07) is 2.64. The summed E-state index contributed by atoms with van der Waals surface area (Å²) in [6.07, 6.45) is 1.07. The molecule has 2 unspecified atom stereocenters. The number of carbonyl (C=O) groups is 2. The van der Waals surface area contributed by atoms with Gasteiger partial charge in [0, 0.05) is 0 Å². The lowest BCUT2D eigenvalue weighted by molar-refractivity contribution is 0.0408. The molecule has 1 saturated heterocycles. The third kappa shape index (κ3) is 1.99. The number of hydrogen-bond acceptors (Lipinski definition) is 4. The van der Waals surface area contributed by atoms with E-state index in [4.69, 9.17) is 14.3 Å². The van der Waals surface area contributed by atoms with Gasteiger partial charge in [0.1, 0.15) is 6.10 Å². The van der Waals surface area contributed by atoms with Gasteiger partial charge in [-0.3, -0.25) is 4.79 Å². The van der Waals surface area contributed by atoms with Crippen LogP contribution in [0.3, 0.4) is 0 Å². The molecule has 0 amide bonds. The van der Waals surface area contributed by atoms with Gasteiger partial charge in [-0.15, -0.1) is 0 Å². The first-order chi connectivity index (χ1) is 7.58. The first-order valence-electron chi connectivity index (χ1n) is 5.10. The van der Waals surface area contributed by atoms with Gasteiger partial charge < -0.3 is 14.3 Å². The maximum atomic E-state index is 11.8. The molecule has 1 N–H and O–H groups in total. The van der Waals surface area contributed by atoms with Crippen LogP contribution in [0.25, 0.3) is 0 Å². The summed E-state index contributed by atoms with van der Waals surface area (Å²) in [5.41, 5.74) is 0. The monoisotopic (exact) mass is 224 g/mol. The Balaban J connectivity index is 2.11. The Bertz CT molecular complexity index is 420. The number of rotatable bonds is 3. The number of ketones is 1. The van der Waals surface area contributed by atoms with Crippen molar-refractivity contribution in [3.8, 4) is 0 Å². The van der Waals surface area contributed by atoms with Crippen molar-refractivity contribution in [2.75, 3.05) is 0 Å². The molecule has 1 fully saturated rings. The molecule has 1 aromatic rings. The van der Waals surface area contributed by atoms with Crippen molar-refractivity contribution in [2.24, 2.45) is 0 Å². The van der Waals surface area contributed by atoms with E-state index in [1.165, 1.54) is 12.1 Å². The van der Waals surface area contributed by atoms with Crippen LogP contribution in [0.5, 0.6) is 0 Å². The predicted octanol–water partition coefficient (Wildman–Crippen LogP) is 1.73. The summed E-state index contributed by atoms with van der Waals surface area (Å²) in [7, 11) is 0. The molecule has 0 saturated carbocycles. The zero-order chi connectivity index (χ0) is 11.7. The van der Waals surface area contributed by atoms with Crippen LogP contribution in [0.2, 0.25) is 0 Å². The van der Waals surface area contributed by atoms with Crippen LogP contribution in [-0.2, 0) is 4.74 Å². The van der Waals surface area contributed by atoms with E-state index in [0.29, 0.717) is 6.42 Å². The standard InChI is InChI=1S/C11H12O5/c1-6-2-3-7(15-6)10(12)8-4-5-9(16-8)11(13)14/h4-7H,2-3H2,1H3,(H,13,14). The van der Waals surface area contributed by atoms with E-state index in [0.717, 1.165) is 6.42 Å². The minimum Gasteiger partial charge on any atom is -0.475 e. The van der Waals surface area contributed by atoms with E-state index >= 15 is 0 Å². The Hall–Kier alpha value is -1.62. The van der Waals surface area contributed by atoms with Crippen LogP contribution in [0.15, 0.2) is 16.5 Å². The van der Waals surface area contributed by atoms with Crippen molar-refractivity contribution < 1.29 is 23.8 Å². The third-order valence-electron chi connectivity index (χ3n) is 2.58. The third-order valence-corrected chi connectivity index (χ3v) is 2.58. The number of carbonyl (C=O) groups excluding carboxylic acids is 1. The summed E-state index contributed by atoms with van der Waals surface area (Å²) < 4.78 is 10.3. The van der Waals surface area contributed by atoms with Gasteiger partial charge in [-0.1, -0.05) is 0 Å². The predicted molar refractivity (Wildman–Crippen MR) is 53.6 cm³/mol. The van der Waals surface area contributed by atoms with Crippen molar-refractivity contribution >= 4 is 11.8 Å². The number of Topliss-reactive ketones (excluding diaryl/α,β-unsaturated/α-hetero) is 1. The second kappa shape index (κ2) is 4.09. The molecule has 2 heterocycles. The first-order valence-corrected chi connectivity index (χ1v) is 5.10. The molecule has 1 aliphatic rings. The van der Waals surface area contributed by atoms with Crippen molar-refractivity contribution in [3.63, 3.8) is 0 Å². The van der Waals surface area contributed by atoms with E-state index in [2.05, 4.69) is 0 Å². The molecule has 1 aromatic heterocycles. The van der Waals surface area contributed by atoms with E-state index in [-0.39, 0.29) is 23.4 Å². The second-order valence-corrected chi connectivity index (χ2v) is 3.85. The Labute approximate surface area is 92.0 Å². The summed E-state index contributed by atoms with van der Waals surface area (Å²) >= 11 is 0. The number of ether oxygens (including phenoxy) is 1.